The van der Waals surface area contributed by atoms with E-state index in [1.165, 1.54) is 11.1 Å². The first kappa shape index (κ1) is 19.5. The molecule has 2 N–H and O–H groups in total. The standard InChI is InChI=1S/C21H25N3.HI/c1-22-21(24-19-14-8-9-15-19)23-16-20(17-10-4-2-5-11-17)18-12-6-3-7-13-18;/h2-13,19-20H,14-16H2,1H3,(H2,22,23,24);1H. The van der Waals surface area contributed by atoms with Crippen LogP contribution in [0.15, 0.2) is 77.8 Å². The third-order valence-corrected chi connectivity index (χ3v) is 4.45. The first-order valence-electron chi connectivity index (χ1n) is 8.59. The van der Waals surface area contributed by atoms with Crippen molar-refractivity contribution < 1.29 is 0 Å². The maximum absolute atomic E-state index is 4.38. The highest BCUT2D eigenvalue weighted by Gasteiger charge is 2.16. The predicted molar refractivity (Wildman–Crippen MR) is 117 cm³/mol. The summed E-state index contributed by atoms with van der Waals surface area (Å²) >= 11 is 0. The maximum Gasteiger partial charge on any atom is 0.191 e. The molecule has 1 aliphatic rings. The Kier molecular flexibility index (Phi) is 7.98. The van der Waals surface area contributed by atoms with Gasteiger partial charge in [-0.05, 0) is 24.0 Å². The second-order valence-electron chi connectivity index (χ2n) is 6.11. The molecule has 0 heterocycles. The molecule has 0 aliphatic heterocycles. The summed E-state index contributed by atoms with van der Waals surface area (Å²) in [5.74, 6) is 1.17. The van der Waals surface area contributed by atoms with Gasteiger partial charge in [-0.25, -0.2) is 0 Å². The van der Waals surface area contributed by atoms with Gasteiger partial charge in [-0.2, -0.15) is 0 Å². The zero-order chi connectivity index (χ0) is 16.6. The second-order valence-corrected chi connectivity index (χ2v) is 6.11. The van der Waals surface area contributed by atoms with E-state index >= 15 is 0 Å². The van der Waals surface area contributed by atoms with Crippen LogP contribution < -0.4 is 10.6 Å². The van der Waals surface area contributed by atoms with Gasteiger partial charge in [0.15, 0.2) is 5.96 Å². The quantitative estimate of drug-likeness (QED) is 0.310. The Morgan fingerprint density at radius 2 is 1.48 bits per heavy atom. The van der Waals surface area contributed by atoms with E-state index in [1.807, 2.05) is 7.05 Å². The van der Waals surface area contributed by atoms with Crippen LogP contribution in [0.2, 0.25) is 0 Å². The summed E-state index contributed by atoms with van der Waals surface area (Å²) in [4.78, 5) is 4.38. The number of nitrogens with one attached hydrogen (secondary N) is 2. The molecule has 1 aliphatic carbocycles. The van der Waals surface area contributed by atoms with Crippen LogP contribution in [0.25, 0.3) is 0 Å². The molecule has 0 aromatic heterocycles. The number of halogens is 1. The van der Waals surface area contributed by atoms with Crippen LogP contribution >= 0.6 is 24.0 Å². The molecule has 0 atom stereocenters. The lowest BCUT2D eigenvalue weighted by atomic mass is 9.91. The minimum absolute atomic E-state index is 0. The molecule has 0 unspecified atom stereocenters. The summed E-state index contributed by atoms with van der Waals surface area (Å²) in [6.07, 6.45) is 6.59. The summed E-state index contributed by atoms with van der Waals surface area (Å²) in [7, 11) is 1.83. The highest BCUT2D eigenvalue weighted by Crippen LogP contribution is 2.23. The van der Waals surface area contributed by atoms with E-state index in [-0.39, 0.29) is 24.0 Å². The number of nitrogens with zero attached hydrogens (tertiary/aromatic N) is 1. The van der Waals surface area contributed by atoms with Gasteiger partial charge in [0.25, 0.3) is 0 Å². The number of aliphatic imine (C=N–C) groups is 1. The van der Waals surface area contributed by atoms with Crippen LogP contribution in [-0.4, -0.2) is 25.6 Å². The number of guanidine groups is 1. The molecule has 0 bridgehead atoms. The van der Waals surface area contributed by atoms with Gasteiger partial charge in [0, 0.05) is 25.6 Å². The van der Waals surface area contributed by atoms with Crippen molar-refractivity contribution in [1.82, 2.24) is 10.6 Å². The van der Waals surface area contributed by atoms with Gasteiger partial charge >= 0.3 is 0 Å². The first-order valence-corrected chi connectivity index (χ1v) is 8.59. The normalized spacial score (nSPS) is 14.4. The third kappa shape index (κ3) is 5.59. The molecule has 0 spiro atoms. The Balaban J connectivity index is 0.00000225. The highest BCUT2D eigenvalue weighted by molar-refractivity contribution is 14.0. The fraction of sp³-hybridized carbons (Fsp3) is 0.286. The molecule has 3 rings (SSSR count). The largest absolute Gasteiger partial charge is 0.355 e. The molecule has 0 amide bonds. The van der Waals surface area contributed by atoms with E-state index in [4.69, 9.17) is 0 Å². The Morgan fingerprint density at radius 1 is 0.960 bits per heavy atom. The molecule has 132 valence electrons. The Morgan fingerprint density at radius 3 is 1.96 bits per heavy atom. The molecule has 3 nitrogen and oxygen atoms in total. The molecule has 2 aromatic carbocycles. The van der Waals surface area contributed by atoms with Crippen molar-refractivity contribution in [3.63, 3.8) is 0 Å². The number of rotatable bonds is 5. The second kappa shape index (κ2) is 10.2. The number of hydrogen-bond acceptors (Lipinski definition) is 1. The topological polar surface area (TPSA) is 36.4 Å². The molecule has 4 heteroatoms. The van der Waals surface area contributed by atoms with Crippen molar-refractivity contribution >= 4 is 29.9 Å². The first-order chi connectivity index (χ1) is 11.9. The SMILES string of the molecule is CN=C(NCC(c1ccccc1)c1ccccc1)NC1CC=CC1.I. The molecular weight excluding hydrogens is 421 g/mol. The summed E-state index contributed by atoms with van der Waals surface area (Å²) in [6.45, 7) is 0.813. The number of benzene rings is 2. The van der Waals surface area contributed by atoms with Gasteiger partial charge in [0.05, 0.1) is 0 Å². The fourth-order valence-electron chi connectivity index (χ4n) is 3.12. The summed E-state index contributed by atoms with van der Waals surface area (Å²) in [5.41, 5.74) is 2.63. The van der Waals surface area contributed by atoms with E-state index in [1.54, 1.807) is 0 Å². The molecule has 0 saturated carbocycles. The summed E-state index contributed by atoms with van der Waals surface area (Å²) in [6, 6.07) is 21.7. The lowest BCUT2D eigenvalue weighted by molar-refractivity contribution is 0.626. The summed E-state index contributed by atoms with van der Waals surface area (Å²) in [5, 5.41) is 7.00. The van der Waals surface area contributed by atoms with Crippen LogP contribution in [0.3, 0.4) is 0 Å². The summed E-state index contributed by atoms with van der Waals surface area (Å²) < 4.78 is 0. The molecule has 25 heavy (non-hydrogen) atoms. The maximum atomic E-state index is 4.38. The van der Waals surface area contributed by atoms with Crippen LogP contribution in [0, 0.1) is 0 Å². The van der Waals surface area contributed by atoms with Gasteiger partial charge in [0.1, 0.15) is 0 Å². The van der Waals surface area contributed by atoms with Crippen LogP contribution in [-0.2, 0) is 0 Å². The number of hydrogen-bond donors (Lipinski definition) is 2. The van der Waals surface area contributed by atoms with E-state index in [2.05, 4.69) is 88.4 Å². The minimum atomic E-state index is 0. The molecule has 2 aromatic rings. The molecule has 0 radical (unpaired) electrons. The Hall–Kier alpha value is -1.82. The zero-order valence-electron chi connectivity index (χ0n) is 14.6. The lowest BCUT2D eigenvalue weighted by Crippen LogP contribution is -2.43. The van der Waals surface area contributed by atoms with Crippen LogP contribution in [0.4, 0.5) is 0 Å². The van der Waals surface area contributed by atoms with Gasteiger partial charge in [0.2, 0.25) is 0 Å². The van der Waals surface area contributed by atoms with E-state index in [0.29, 0.717) is 12.0 Å². The molecular formula is C21H26IN3. The average Bonchev–Trinajstić information content (AvgIpc) is 3.16. The van der Waals surface area contributed by atoms with E-state index in [9.17, 15) is 0 Å². The molecule has 0 fully saturated rings. The van der Waals surface area contributed by atoms with Crippen LogP contribution in [0.5, 0.6) is 0 Å². The van der Waals surface area contributed by atoms with Crippen molar-refractivity contribution in [3.05, 3.63) is 83.9 Å². The highest BCUT2D eigenvalue weighted by atomic mass is 127. The lowest BCUT2D eigenvalue weighted by Gasteiger charge is -2.22. The van der Waals surface area contributed by atoms with Crippen molar-refractivity contribution in [2.45, 2.75) is 24.8 Å². The van der Waals surface area contributed by atoms with Crippen molar-refractivity contribution in [2.75, 3.05) is 13.6 Å². The monoisotopic (exact) mass is 447 g/mol. The smallest absolute Gasteiger partial charge is 0.191 e. The van der Waals surface area contributed by atoms with Crippen molar-refractivity contribution in [2.24, 2.45) is 4.99 Å². The van der Waals surface area contributed by atoms with Gasteiger partial charge in [-0.1, -0.05) is 72.8 Å². The Labute approximate surface area is 167 Å². The third-order valence-electron chi connectivity index (χ3n) is 4.45. The van der Waals surface area contributed by atoms with Gasteiger partial charge < -0.3 is 10.6 Å². The van der Waals surface area contributed by atoms with Gasteiger partial charge in [-0.15, -0.1) is 24.0 Å². The van der Waals surface area contributed by atoms with E-state index < -0.39 is 0 Å². The average molecular weight is 447 g/mol. The fourth-order valence-corrected chi connectivity index (χ4v) is 3.12. The van der Waals surface area contributed by atoms with E-state index in [0.717, 1.165) is 25.3 Å². The Bertz CT molecular complexity index is 635. The van der Waals surface area contributed by atoms with Crippen molar-refractivity contribution in [1.29, 1.82) is 0 Å². The van der Waals surface area contributed by atoms with Crippen LogP contribution in [0.1, 0.15) is 29.9 Å². The van der Waals surface area contributed by atoms with Gasteiger partial charge in [-0.3, -0.25) is 4.99 Å². The molecule has 0 saturated heterocycles. The minimum Gasteiger partial charge on any atom is -0.355 e. The van der Waals surface area contributed by atoms with Crippen molar-refractivity contribution in [3.8, 4) is 0 Å². The zero-order valence-corrected chi connectivity index (χ0v) is 16.9. The predicted octanol–water partition coefficient (Wildman–Crippen LogP) is 4.32.